The second kappa shape index (κ2) is 4.85. The highest BCUT2D eigenvalue weighted by Gasteiger charge is 1.98. The average molecular weight is 181 g/mol. The Hall–Kier alpha value is -1.05. The molecule has 13 heavy (non-hydrogen) atoms. The first kappa shape index (κ1) is 10.0. The molecule has 0 spiro atoms. The van der Waals surface area contributed by atoms with Crippen LogP contribution >= 0.6 is 0 Å². The van der Waals surface area contributed by atoms with Gasteiger partial charge in [-0.25, -0.2) is 4.39 Å². The first-order valence-corrected chi connectivity index (χ1v) is 4.71. The van der Waals surface area contributed by atoms with Crippen LogP contribution in [0.5, 0.6) is 0 Å². The summed E-state index contributed by atoms with van der Waals surface area (Å²) < 4.78 is 12.7. The summed E-state index contributed by atoms with van der Waals surface area (Å²) in [5, 5.41) is 3.20. The molecule has 1 aromatic rings. The van der Waals surface area contributed by atoms with Gasteiger partial charge in [0.2, 0.25) is 0 Å². The van der Waals surface area contributed by atoms with Crippen molar-refractivity contribution in [2.75, 3.05) is 11.9 Å². The number of rotatable bonds is 4. The fourth-order valence-corrected chi connectivity index (χ4v) is 1.03. The molecule has 1 rings (SSSR count). The van der Waals surface area contributed by atoms with Gasteiger partial charge >= 0.3 is 0 Å². The highest BCUT2D eigenvalue weighted by atomic mass is 19.1. The molecular weight excluding hydrogens is 165 g/mol. The van der Waals surface area contributed by atoms with Crippen molar-refractivity contribution < 1.29 is 4.39 Å². The molecule has 1 N–H and O–H groups in total. The maximum Gasteiger partial charge on any atom is 0.125 e. The van der Waals surface area contributed by atoms with Crippen LogP contribution in [-0.2, 0) is 0 Å². The minimum absolute atomic E-state index is 0.186. The van der Waals surface area contributed by atoms with Gasteiger partial charge in [-0.05, 0) is 24.1 Å². The van der Waals surface area contributed by atoms with Crippen LogP contribution in [0, 0.1) is 11.7 Å². The van der Waals surface area contributed by atoms with E-state index in [2.05, 4.69) is 19.2 Å². The molecule has 0 saturated heterocycles. The lowest BCUT2D eigenvalue weighted by Gasteiger charge is -2.10. The normalized spacial score (nSPS) is 12.5. The molecule has 0 bridgehead atoms. The van der Waals surface area contributed by atoms with Crippen LogP contribution in [0.3, 0.4) is 0 Å². The number of halogens is 1. The lowest BCUT2D eigenvalue weighted by atomic mass is 10.1. The summed E-state index contributed by atoms with van der Waals surface area (Å²) >= 11 is 0. The SMILES string of the molecule is CC[C@H](C)CNc1cccc(F)c1. The lowest BCUT2D eigenvalue weighted by Crippen LogP contribution is -2.10. The van der Waals surface area contributed by atoms with E-state index in [4.69, 9.17) is 0 Å². The van der Waals surface area contributed by atoms with Crippen molar-refractivity contribution in [3.8, 4) is 0 Å². The monoisotopic (exact) mass is 181 g/mol. The fourth-order valence-electron chi connectivity index (χ4n) is 1.03. The number of hydrogen-bond donors (Lipinski definition) is 1. The second-order valence-corrected chi connectivity index (χ2v) is 3.40. The van der Waals surface area contributed by atoms with E-state index >= 15 is 0 Å². The molecule has 1 aromatic carbocycles. The van der Waals surface area contributed by atoms with Crippen molar-refractivity contribution in [3.05, 3.63) is 30.1 Å². The van der Waals surface area contributed by atoms with Crippen LogP contribution in [-0.4, -0.2) is 6.54 Å². The van der Waals surface area contributed by atoms with Gasteiger partial charge in [-0.2, -0.15) is 0 Å². The van der Waals surface area contributed by atoms with Gasteiger partial charge in [-0.3, -0.25) is 0 Å². The van der Waals surface area contributed by atoms with E-state index in [9.17, 15) is 4.39 Å². The van der Waals surface area contributed by atoms with Crippen molar-refractivity contribution in [2.24, 2.45) is 5.92 Å². The fraction of sp³-hybridized carbons (Fsp3) is 0.455. The van der Waals surface area contributed by atoms with E-state index in [0.29, 0.717) is 5.92 Å². The summed E-state index contributed by atoms with van der Waals surface area (Å²) in [6.07, 6.45) is 1.14. The average Bonchev–Trinajstić information content (AvgIpc) is 2.14. The molecule has 2 heteroatoms. The van der Waals surface area contributed by atoms with Gasteiger partial charge < -0.3 is 5.32 Å². The third kappa shape index (κ3) is 3.45. The summed E-state index contributed by atoms with van der Waals surface area (Å²) in [5.74, 6) is 0.442. The first-order valence-electron chi connectivity index (χ1n) is 4.71. The molecule has 1 nitrogen and oxygen atoms in total. The number of nitrogens with one attached hydrogen (secondary N) is 1. The van der Waals surface area contributed by atoms with Gasteiger partial charge in [0.05, 0.1) is 0 Å². The Balaban J connectivity index is 2.45. The van der Waals surface area contributed by atoms with Crippen LogP contribution in [0.2, 0.25) is 0 Å². The molecule has 0 fully saturated rings. The molecule has 0 aliphatic rings. The van der Waals surface area contributed by atoms with E-state index in [-0.39, 0.29) is 5.82 Å². The summed E-state index contributed by atoms with van der Waals surface area (Å²) in [4.78, 5) is 0. The van der Waals surface area contributed by atoms with Crippen LogP contribution in [0.15, 0.2) is 24.3 Å². The number of anilines is 1. The molecule has 0 heterocycles. The second-order valence-electron chi connectivity index (χ2n) is 3.40. The number of hydrogen-bond acceptors (Lipinski definition) is 1. The summed E-state index contributed by atoms with van der Waals surface area (Å²) in [6, 6.07) is 6.57. The minimum Gasteiger partial charge on any atom is -0.385 e. The van der Waals surface area contributed by atoms with E-state index < -0.39 is 0 Å². The largest absolute Gasteiger partial charge is 0.385 e. The minimum atomic E-state index is -0.186. The van der Waals surface area contributed by atoms with Gasteiger partial charge in [0.15, 0.2) is 0 Å². The molecule has 0 saturated carbocycles. The van der Waals surface area contributed by atoms with Gasteiger partial charge in [-0.1, -0.05) is 26.3 Å². The molecule has 0 aliphatic carbocycles. The highest BCUT2D eigenvalue weighted by Crippen LogP contribution is 2.10. The number of benzene rings is 1. The molecule has 1 atom stereocenters. The predicted molar refractivity (Wildman–Crippen MR) is 54.3 cm³/mol. The van der Waals surface area contributed by atoms with Crippen molar-refractivity contribution in [1.29, 1.82) is 0 Å². The lowest BCUT2D eigenvalue weighted by molar-refractivity contribution is 0.592. The van der Waals surface area contributed by atoms with E-state index in [1.54, 1.807) is 6.07 Å². The Bertz CT molecular complexity index is 260. The topological polar surface area (TPSA) is 12.0 Å². The molecule has 0 amide bonds. The van der Waals surface area contributed by atoms with Crippen molar-refractivity contribution in [1.82, 2.24) is 0 Å². The van der Waals surface area contributed by atoms with Gasteiger partial charge in [0.1, 0.15) is 5.82 Å². The van der Waals surface area contributed by atoms with Crippen molar-refractivity contribution >= 4 is 5.69 Å². The maximum absolute atomic E-state index is 12.7. The Morgan fingerprint density at radius 3 is 2.85 bits per heavy atom. The molecule has 0 aromatic heterocycles. The zero-order valence-corrected chi connectivity index (χ0v) is 8.18. The Kier molecular flexibility index (Phi) is 3.74. The standard InChI is InChI=1S/C11H16FN/c1-3-9(2)8-13-11-6-4-5-10(12)7-11/h4-7,9,13H,3,8H2,1-2H3/t9-/m0/s1. The van der Waals surface area contributed by atoms with Crippen molar-refractivity contribution in [2.45, 2.75) is 20.3 Å². The van der Waals surface area contributed by atoms with Crippen LogP contribution in [0.1, 0.15) is 20.3 Å². The van der Waals surface area contributed by atoms with Crippen LogP contribution in [0.4, 0.5) is 10.1 Å². The third-order valence-electron chi connectivity index (χ3n) is 2.18. The zero-order valence-electron chi connectivity index (χ0n) is 8.18. The highest BCUT2D eigenvalue weighted by molar-refractivity contribution is 5.42. The summed E-state index contributed by atoms with van der Waals surface area (Å²) in [6.45, 7) is 5.23. The molecule has 72 valence electrons. The molecule has 0 unspecified atom stereocenters. The molecule has 0 aliphatic heterocycles. The Morgan fingerprint density at radius 2 is 2.23 bits per heavy atom. The Labute approximate surface area is 79.0 Å². The Morgan fingerprint density at radius 1 is 1.46 bits per heavy atom. The van der Waals surface area contributed by atoms with Gasteiger partial charge in [-0.15, -0.1) is 0 Å². The maximum atomic E-state index is 12.7. The zero-order chi connectivity index (χ0) is 9.68. The molecular formula is C11H16FN. The predicted octanol–water partition coefficient (Wildman–Crippen LogP) is 3.28. The van der Waals surface area contributed by atoms with E-state index in [1.807, 2.05) is 6.07 Å². The third-order valence-corrected chi connectivity index (χ3v) is 2.18. The summed E-state index contributed by atoms with van der Waals surface area (Å²) in [5.41, 5.74) is 0.861. The van der Waals surface area contributed by atoms with Gasteiger partial charge in [0, 0.05) is 12.2 Å². The van der Waals surface area contributed by atoms with Crippen molar-refractivity contribution in [3.63, 3.8) is 0 Å². The summed E-state index contributed by atoms with van der Waals surface area (Å²) in [7, 11) is 0. The van der Waals surface area contributed by atoms with E-state index in [0.717, 1.165) is 18.7 Å². The van der Waals surface area contributed by atoms with Crippen LogP contribution < -0.4 is 5.32 Å². The quantitative estimate of drug-likeness (QED) is 0.751. The van der Waals surface area contributed by atoms with Gasteiger partial charge in [0.25, 0.3) is 0 Å². The molecule has 0 radical (unpaired) electrons. The smallest absolute Gasteiger partial charge is 0.125 e. The first-order chi connectivity index (χ1) is 6.22. The van der Waals surface area contributed by atoms with Crippen LogP contribution in [0.25, 0.3) is 0 Å². The van der Waals surface area contributed by atoms with E-state index in [1.165, 1.54) is 12.1 Å².